The largest absolute Gasteiger partial charge is 0.347 e. The minimum absolute atomic E-state index is 0.291. The van der Waals surface area contributed by atoms with Crippen LogP contribution in [0.5, 0.6) is 0 Å². The Kier molecular flexibility index (Phi) is 6.55. The van der Waals surface area contributed by atoms with Crippen LogP contribution in [-0.4, -0.2) is 15.5 Å². The molecule has 0 amide bonds. The van der Waals surface area contributed by atoms with E-state index < -0.39 is 9.84 Å². The first-order chi connectivity index (χ1) is 16.8. The molecule has 4 heteroatoms. The van der Waals surface area contributed by atoms with E-state index in [9.17, 15) is 8.42 Å². The van der Waals surface area contributed by atoms with Gasteiger partial charge in [0.1, 0.15) is 0 Å². The van der Waals surface area contributed by atoms with E-state index in [2.05, 4.69) is 52.3 Å². The normalized spacial score (nSPS) is 18.9. The molecule has 0 unspecified atom stereocenters. The Morgan fingerprint density at radius 3 is 1.86 bits per heavy atom. The molecule has 0 saturated heterocycles. The van der Waals surface area contributed by atoms with Crippen LogP contribution in [0.4, 0.5) is 5.69 Å². The number of likely N-dealkylation sites (N-methyl/N-ethyl adjacent to an activating group) is 1. The minimum Gasteiger partial charge on any atom is -0.347 e. The molecular formula is C32H37NO2S. The van der Waals surface area contributed by atoms with Crippen molar-refractivity contribution in [1.82, 2.24) is 0 Å². The highest BCUT2D eigenvalue weighted by molar-refractivity contribution is 7.96. The number of fused-ring (bicyclic) bond motifs is 2. The van der Waals surface area contributed by atoms with Crippen molar-refractivity contribution in [2.24, 2.45) is 0 Å². The molecule has 0 aromatic heterocycles. The van der Waals surface area contributed by atoms with E-state index in [-0.39, 0.29) is 0 Å². The van der Waals surface area contributed by atoms with E-state index in [0.717, 1.165) is 34.2 Å². The van der Waals surface area contributed by atoms with Crippen LogP contribution in [0.3, 0.4) is 0 Å². The van der Waals surface area contributed by atoms with Crippen molar-refractivity contribution >= 4 is 21.1 Å². The number of hydrogen-bond acceptors (Lipinski definition) is 3. The van der Waals surface area contributed by atoms with Gasteiger partial charge in [-0.1, -0.05) is 30.9 Å². The number of hydrogen-bond donors (Lipinski definition) is 0. The molecule has 36 heavy (non-hydrogen) atoms. The first kappa shape index (κ1) is 26.0. The third-order valence-corrected chi connectivity index (χ3v) is 10.6. The average molecular weight is 500 g/mol. The van der Waals surface area contributed by atoms with Gasteiger partial charge < -0.3 is 4.90 Å². The lowest BCUT2D eigenvalue weighted by atomic mass is 9.91. The molecule has 0 aliphatic carbocycles. The molecule has 0 fully saturated rings. The molecule has 0 atom stereocenters. The molecule has 3 nitrogen and oxygen atoms in total. The monoisotopic (exact) mass is 499 g/mol. The summed E-state index contributed by atoms with van der Waals surface area (Å²) in [6.07, 6.45) is 12.4. The number of sulfone groups is 1. The van der Waals surface area contributed by atoms with E-state index >= 15 is 0 Å². The van der Waals surface area contributed by atoms with Gasteiger partial charge >= 0.3 is 0 Å². The van der Waals surface area contributed by atoms with Crippen molar-refractivity contribution < 1.29 is 8.42 Å². The van der Waals surface area contributed by atoms with Crippen molar-refractivity contribution in [3.63, 3.8) is 0 Å². The molecule has 2 aliphatic rings. The Bertz CT molecular complexity index is 1560. The quantitative estimate of drug-likeness (QED) is 0.410. The van der Waals surface area contributed by atoms with Gasteiger partial charge in [0.2, 0.25) is 9.84 Å². The summed E-state index contributed by atoms with van der Waals surface area (Å²) in [4.78, 5) is 3.01. The van der Waals surface area contributed by atoms with Crippen molar-refractivity contribution in [1.29, 1.82) is 0 Å². The Hall–Kier alpha value is -3.11. The summed E-state index contributed by atoms with van der Waals surface area (Å²) < 4.78 is 26.8. The van der Waals surface area contributed by atoms with Gasteiger partial charge in [-0.3, -0.25) is 0 Å². The van der Waals surface area contributed by atoms with Gasteiger partial charge in [-0.15, -0.1) is 0 Å². The summed E-state index contributed by atoms with van der Waals surface area (Å²) in [7, 11) is -1.45. The molecule has 2 aliphatic heterocycles. The van der Waals surface area contributed by atoms with Crippen molar-refractivity contribution in [2.75, 3.05) is 11.9 Å². The molecule has 0 radical (unpaired) electrons. The molecule has 0 spiro atoms. The fourth-order valence-electron chi connectivity index (χ4n) is 5.66. The Morgan fingerprint density at radius 1 is 0.694 bits per heavy atom. The summed E-state index contributed by atoms with van der Waals surface area (Å²) in [6.45, 7) is 20.9. The Labute approximate surface area is 217 Å². The van der Waals surface area contributed by atoms with E-state index in [4.69, 9.17) is 0 Å². The van der Waals surface area contributed by atoms with Crippen LogP contribution in [0.2, 0.25) is 0 Å². The summed E-state index contributed by atoms with van der Waals surface area (Å²) in [5.41, 5.74) is 14.8. The maximum atomic E-state index is 13.4. The number of nitrogens with zero attached hydrogens (tertiary/aromatic N) is 1. The van der Waals surface area contributed by atoms with Gasteiger partial charge in [-0.05, 0) is 123 Å². The number of allylic oxidation sites excluding steroid dienone is 8. The molecular weight excluding hydrogens is 462 g/mol. The van der Waals surface area contributed by atoms with Gasteiger partial charge in [-0.2, -0.15) is 0 Å². The zero-order valence-corrected chi connectivity index (χ0v) is 23.9. The van der Waals surface area contributed by atoms with Gasteiger partial charge in [0.05, 0.1) is 9.80 Å². The average Bonchev–Trinajstić information content (AvgIpc) is 3.26. The summed E-state index contributed by atoms with van der Waals surface area (Å²) in [5, 5.41) is 0. The Balaban J connectivity index is 1.58. The predicted molar refractivity (Wildman–Crippen MR) is 154 cm³/mol. The Morgan fingerprint density at radius 2 is 1.22 bits per heavy atom. The molecule has 2 aromatic rings. The molecule has 2 heterocycles. The van der Waals surface area contributed by atoms with Crippen molar-refractivity contribution in [3.05, 3.63) is 109 Å². The SMILES string of the molecule is C=C1C(=CC=CC=CC=C2Cc3c(C)c(C)c(C)c(C)c3N2C)S(=O)(=O)c2c(C)c(C)c(C)c(C)c21. The van der Waals surface area contributed by atoms with Crippen LogP contribution in [0.15, 0.2) is 58.5 Å². The zero-order chi connectivity index (χ0) is 26.7. The van der Waals surface area contributed by atoms with E-state index in [1.54, 1.807) is 12.2 Å². The second kappa shape index (κ2) is 9.08. The highest BCUT2D eigenvalue weighted by Crippen LogP contribution is 2.47. The third kappa shape index (κ3) is 3.74. The van der Waals surface area contributed by atoms with Crippen LogP contribution in [0.25, 0.3) is 5.57 Å². The lowest BCUT2D eigenvalue weighted by Gasteiger charge is -2.20. The summed E-state index contributed by atoms with van der Waals surface area (Å²) in [5.74, 6) is 0. The lowest BCUT2D eigenvalue weighted by Crippen LogP contribution is -2.12. The summed E-state index contributed by atoms with van der Waals surface area (Å²) >= 11 is 0. The second-order valence-corrected chi connectivity index (χ2v) is 12.1. The van der Waals surface area contributed by atoms with Gasteiger partial charge in [0.25, 0.3) is 0 Å². The van der Waals surface area contributed by atoms with Gasteiger partial charge in [0, 0.05) is 30.4 Å². The van der Waals surface area contributed by atoms with Crippen LogP contribution >= 0.6 is 0 Å². The smallest absolute Gasteiger partial charge is 0.208 e. The highest BCUT2D eigenvalue weighted by atomic mass is 32.2. The molecule has 0 saturated carbocycles. The first-order valence-electron chi connectivity index (χ1n) is 12.4. The lowest BCUT2D eigenvalue weighted by molar-refractivity contribution is 0.604. The summed E-state index contributed by atoms with van der Waals surface area (Å²) in [6, 6.07) is 0. The third-order valence-electron chi connectivity index (χ3n) is 8.56. The first-order valence-corrected chi connectivity index (χ1v) is 13.9. The predicted octanol–water partition coefficient (Wildman–Crippen LogP) is 7.53. The fourth-order valence-corrected chi connectivity index (χ4v) is 7.66. The number of benzene rings is 2. The van der Waals surface area contributed by atoms with Crippen LogP contribution < -0.4 is 4.90 Å². The van der Waals surface area contributed by atoms with Crippen LogP contribution in [0, 0.1) is 55.4 Å². The standard InChI is InChI=1S/C32H37NO2S/c1-18-20(3)24(7)31-28(22(18)5)17-27(33(31)10)15-13-11-12-14-16-29-26(9)30-23(6)19(2)21(4)25(8)32(30)36(29,34)35/h11-16H,9,17H2,1-8,10H3. The van der Waals surface area contributed by atoms with Crippen molar-refractivity contribution in [3.8, 4) is 0 Å². The maximum Gasteiger partial charge on any atom is 0.208 e. The van der Waals surface area contributed by atoms with E-state index in [0.29, 0.717) is 15.4 Å². The molecule has 0 N–H and O–H groups in total. The highest BCUT2D eigenvalue weighted by Gasteiger charge is 2.38. The van der Waals surface area contributed by atoms with Gasteiger partial charge in [0.15, 0.2) is 0 Å². The van der Waals surface area contributed by atoms with Crippen LogP contribution in [0.1, 0.15) is 55.6 Å². The molecule has 188 valence electrons. The van der Waals surface area contributed by atoms with E-state index in [1.165, 1.54) is 39.2 Å². The van der Waals surface area contributed by atoms with Gasteiger partial charge in [-0.25, -0.2) is 8.42 Å². The number of anilines is 1. The molecule has 4 rings (SSSR count). The number of rotatable bonds is 3. The fraction of sp³-hybridized carbons (Fsp3) is 0.312. The molecule has 2 aromatic carbocycles. The maximum absolute atomic E-state index is 13.4. The van der Waals surface area contributed by atoms with Crippen LogP contribution in [-0.2, 0) is 16.3 Å². The molecule has 0 bridgehead atoms. The minimum atomic E-state index is -3.58. The van der Waals surface area contributed by atoms with Crippen molar-refractivity contribution in [2.45, 2.75) is 66.7 Å². The zero-order valence-electron chi connectivity index (χ0n) is 23.1. The van der Waals surface area contributed by atoms with E-state index in [1.807, 2.05) is 45.9 Å². The topological polar surface area (TPSA) is 37.4 Å². The second-order valence-electron chi connectivity index (χ2n) is 10.2.